The highest BCUT2D eigenvalue weighted by molar-refractivity contribution is 5.78. The van der Waals surface area contributed by atoms with Gasteiger partial charge in [-0.25, -0.2) is 9.37 Å². The Bertz CT molecular complexity index is 546. The van der Waals surface area contributed by atoms with Gasteiger partial charge >= 0.3 is 0 Å². The van der Waals surface area contributed by atoms with Gasteiger partial charge in [-0.3, -0.25) is 0 Å². The van der Waals surface area contributed by atoms with Crippen molar-refractivity contribution in [2.45, 2.75) is 26.8 Å². The molecule has 5 heteroatoms. The molecule has 4 nitrogen and oxygen atoms in total. The van der Waals surface area contributed by atoms with Gasteiger partial charge in [-0.05, 0) is 38.2 Å². The maximum absolute atomic E-state index is 13.1. The van der Waals surface area contributed by atoms with Crippen LogP contribution in [0.25, 0.3) is 11.0 Å². The van der Waals surface area contributed by atoms with Crippen LogP contribution in [0.2, 0.25) is 0 Å². The number of hydrogen-bond acceptors (Lipinski definition) is 3. The van der Waals surface area contributed by atoms with Crippen LogP contribution in [-0.2, 0) is 6.54 Å². The van der Waals surface area contributed by atoms with Crippen molar-refractivity contribution < 1.29 is 4.39 Å². The lowest BCUT2D eigenvalue weighted by atomic mass is 10.3. The summed E-state index contributed by atoms with van der Waals surface area (Å²) in [6.07, 6.45) is 1.01. The molecular formula is C14H21FN4. The molecule has 104 valence electrons. The zero-order valence-electron chi connectivity index (χ0n) is 11.6. The molecular weight excluding hydrogens is 243 g/mol. The highest BCUT2D eigenvalue weighted by Crippen LogP contribution is 2.19. The molecule has 2 aromatic rings. The molecule has 0 saturated heterocycles. The Kier molecular flexibility index (Phi) is 4.37. The number of nitrogen functional groups attached to an aromatic ring is 1. The van der Waals surface area contributed by atoms with Gasteiger partial charge in [0.2, 0.25) is 5.95 Å². The van der Waals surface area contributed by atoms with Crippen molar-refractivity contribution >= 4 is 17.0 Å². The van der Waals surface area contributed by atoms with E-state index in [1.54, 1.807) is 6.07 Å². The number of fused-ring (bicyclic) bond motifs is 1. The number of imidazole rings is 1. The van der Waals surface area contributed by atoms with E-state index in [1.807, 2.05) is 4.57 Å². The summed E-state index contributed by atoms with van der Waals surface area (Å²) in [5.41, 5.74) is 7.43. The quantitative estimate of drug-likeness (QED) is 0.872. The van der Waals surface area contributed by atoms with Crippen LogP contribution in [0, 0.1) is 5.82 Å². The van der Waals surface area contributed by atoms with Crippen molar-refractivity contribution in [1.29, 1.82) is 0 Å². The highest BCUT2D eigenvalue weighted by atomic mass is 19.1. The van der Waals surface area contributed by atoms with E-state index in [9.17, 15) is 4.39 Å². The molecule has 0 saturated carbocycles. The Hall–Kier alpha value is -1.62. The van der Waals surface area contributed by atoms with E-state index in [0.717, 1.165) is 38.1 Å². The third-order valence-electron chi connectivity index (χ3n) is 3.49. The first-order chi connectivity index (χ1) is 9.15. The number of rotatable bonds is 6. The average molecular weight is 264 g/mol. The molecule has 0 radical (unpaired) electrons. The molecule has 1 aromatic heterocycles. The molecule has 2 rings (SSSR count). The van der Waals surface area contributed by atoms with E-state index in [2.05, 4.69) is 23.7 Å². The Labute approximate surface area is 113 Å². The first-order valence-corrected chi connectivity index (χ1v) is 6.79. The summed E-state index contributed by atoms with van der Waals surface area (Å²) in [6.45, 7) is 8.28. The number of hydrogen-bond donors (Lipinski definition) is 1. The molecule has 0 fully saturated rings. The minimum absolute atomic E-state index is 0.278. The van der Waals surface area contributed by atoms with Crippen LogP contribution in [0.15, 0.2) is 18.2 Å². The fourth-order valence-corrected chi connectivity index (χ4v) is 2.35. The summed E-state index contributed by atoms with van der Waals surface area (Å²) >= 11 is 0. The first kappa shape index (κ1) is 13.8. The Morgan fingerprint density at radius 2 is 2.05 bits per heavy atom. The summed E-state index contributed by atoms with van der Waals surface area (Å²) in [5, 5.41) is 0. The first-order valence-electron chi connectivity index (χ1n) is 6.79. The molecule has 1 heterocycles. The predicted molar refractivity (Wildman–Crippen MR) is 76.5 cm³/mol. The molecule has 2 N–H and O–H groups in total. The molecule has 0 bridgehead atoms. The van der Waals surface area contributed by atoms with E-state index >= 15 is 0 Å². The fourth-order valence-electron chi connectivity index (χ4n) is 2.35. The standard InChI is InChI=1S/C14H21FN4/c1-3-18(4-2)8-5-9-19-13-7-6-11(15)10-12(13)17-14(19)16/h6-7,10H,3-5,8-9H2,1-2H3,(H2,16,17). The van der Waals surface area contributed by atoms with Gasteiger partial charge in [0, 0.05) is 12.6 Å². The van der Waals surface area contributed by atoms with E-state index in [4.69, 9.17) is 5.73 Å². The van der Waals surface area contributed by atoms with Gasteiger partial charge in [-0.1, -0.05) is 13.8 Å². The zero-order chi connectivity index (χ0) is 13.8. The SMILES string of the molecule is CCN(CC)CCCn1c(N)nc2cc(F)ccc21. The average Bonchev–Trinajstić information content (AvgIpc) is 2.70. The second-order valence-electron chi connectivity index (χ2n) is 4.64. The van der Waals surface area contributed by atoms with Crippen molar-refractivity contribution in [2.75, 3.05) is 25.4 Å². The topological polar surface area (TPSA) is 47.1 Å². The smallest absolute Gasteiger partial charge is 0.201 e. The second-order valence-corrected chi connectivity index (χ2v) is 4.64. The fraction of sp³-hybridized carbons (Fsp3) is 0.500. The number of halogens is 1. The number of anilines is 1. The monoisotopic (exact) mass is 264 g/mol. The van der Waals surface area contributed by atoms with Crippen molar-refractivity contribution in [3.05, 3.63) is 24.0 Å². The molecule has 19 heavy (non-hydrogen) atoms. The number of nitrogens with two attached hydrogens (primary N) is 1. The second kappa shape index (κ2) is 6.02. The summed E-state index contributed by atoms with van der Waals surface area (Å²) < 4.78 is 15.1. The molecule has 0 aliphatic heterocycles. The molecule has 0 aliphatic rings. The number of nitrogens with zero attached hydrogens (tertiary/aromatic N) is 3. The largest absolute Gasteiger partial charge is 0.369 e. The van der Waals surface area contributed by atoms with Crippen LogP contribution in [0.4, 0.5) is 10.3 Å². The van der Waals surface area contributed by atoms with Crippen LogP contribution in [0.5, 0.6) is 0 Å². The molecule has 0 unspecified atom stereocenters. The molecule has 0 amide bonds. The lowest BCUT2D eigenvalue weighted by molar-refractivity contribution is 0.294. The summed E-state index contributed by atoms with van der Waals surface area (Å²) in [7, 11) is 0. The van der Waals surface area contributed by atoms with Gasteiger partial charge in [0.15, 0.2) is 0 Å². The van der Waals surface area contributed by atoms with Crippen LogP contribution >= 0.6 is 0 Å². The van der Waals surface area contributed by atoms with Crippen LogP contribution < -0.4 is 5.73 Å². The molecule has 0 aliphatic carbocycles. The molecule has 0 spiro atoms. The Balaban J connectivity index is 2.10. The van der Waals surface area contributed by atoms with Crippen LogP contribution in [0.3, 0.4) is 0 Å². The van der Waals surface area contributed by atoms with Gasteiger partial charge in [0.25, 0.3) is 0 Å². The molecule has 0 atom stereocenters. The normalized spacial score (nSPS) is 11.6. The minimum Gasteiger partial charge on any atom is -0.369 e. The lowest BCUT2D eigenvalue weighted by Gasteiger charge is -2.18. The lowest BCUT2D eigenvalue weighted by Crippen LogP contribution is -2.25. The number of benzene rings is 1. The van der Waals surface area contributed by atoms with Gasteiger partial charge in [0.05, 0.1) is 11.0 Å². The van der Waals surface area contributed by atoms with E-state index < -0.39 is 0 Å². The molecule has 1 aromatic carbocycles. The van der Waals surface area contributed by atoms with Gasteiger partial charge in [-0.15, -0.1) is 0 Å². The predicted octanol–water partition coefficient (Wildman–Crippen LogP) is 2.49. The minimum atomic E-state index is -0.278. The third kappa shape index (κ3) is 3.04. The number of aromatic nitrogens is 2. The third-order valence-corrected chi connectivity index (χ3v) is 3.49. The maximum Gasteiger partial charge on any atom is 0.201 e. The van der Waals surface area contributed by atoms with Gasteiger partial charge < -0.3 is 15.2 Å². The Morgan fingerprint density at radius 3 is 2.74 bits per heavy atom. The van der Waals surface area contributed by atoms with Crippen molar-refractivity contribution in [1.82, 2.24) is 14.5 Å². The maximum atomic E-state index is 13.1. The summed E-state index contributed by atoms with van der Waals surface area (Å²) in [5.74, 6) is 0.181. The van der Waals surface area contributed by atoms with Crippen molar-refractivity contribution in [3.8, 4) is 0 Å². The van der Waals surface area contributed by atoms with E-state index in [0.29, 0.717) is 11.5 Å². The van der Waals surface area contributed by atoms with E-state index in [-0.39, 0.29) is 5.82 Å². The van der Waals surface area contributed by atoms with Crippen LogP contribution in [-0.4, -0.2) is 34.1 Å². The van der Waals surface area contributed by atoms with Crippen molar-refractivity contribution in [2.24, 2.45) is 0 Å². The van der Waals surface area contributed by atoms with Crippen molar-refractivity contribution in [3.63, 3.8) is 0 Å². The highest BCUT2D eigenvalue weighted by Gasteiger charge is 2.09. The summed E-state index contributed by atoms with van der Waals surface area (Å²) in [4.78, 5) is 6.57. The van der Waals surface area contributed by atoms with Gasteiger partial charge in [-0.2, -0.15) is 0 Å². The number of aryl methyl sites for hydroxylation is 1. The zero-order valence-corrected chi connectivity index (χ0v) is 11.6. The van der Waals surface area contributed by atoms with Gasteiger partial charge in [0.1, 0.15) is 5.82 Å². The summed E-state index contributed by atoms with van der Waals surface area (Å²) in [6, 6.07) is 4.61. The Morgan fingerprint density at radius 1 is 1.32 bits per heavy atom. The van der Waals surface area contributed by atoms with Crippen LogP contribution in [0.1, 0.15) is 20.3 Å². The van der Waals surface area contributed by atoms with E-state index in [1.165, 1.54) is 12.1 Å².